The van der Waals surface area contributed by atoms with Gasteiger partial charge in [-0.3, -0.25) is 9.00 Å². The molecule has 0 saturated carbocycles. The van der Waals surface area contributed by atoms with Crippen molar-refractivity contribution in [1.82, 2.24) is 5.32 Å². The Bertz CT molecular complexity index is 200. The summed E-state index contributed by atoms with van der Waals surface area (Å²) >= 11 is 0. The lowest BCUT2D eigenvalue weighted by molar-refractivity contribution is -0.140. The van der Waals surface area contributed by atoms with Gasteiger partial charge >= 0.3 is 5.97 Å². The van der Waals surface area contributed by atoms with Gasteiger partial charge in [0.2, 0.25) is 5.91 Å². The van der Waals surface area contributed by atoms with Crippen molar-refractivity contribution in [2.24, 2.45) is 0 Å². The number of carboxylic acids is 1. The van der Waals surface area contributed by atoms with Crippen molar-refractivity contribution < 1.29 is 18.9 Å². The summed E-state index contributed by atoms with van der Waals surface area (Å²) < 4.78 is 10.6. The molecule has 0 aliphatic heterocycles. The third-order valence-electron chi connectivity index (χ3n) is 1.08. The quantitative estimate of drug-likeness (QED) is 0.597. The zero-order chi connectivity index (χ0) is 9.72. The van der Waals surface area contributed by atoms with Crippen molar-refractivity contribution in [2.75, 3.05) is 12.0 Å². The molecule has 1 amide bonds. The largest absolute Gasteiger partial charge is 0.480 e. The van der Waals surface area contributed by atoms with Gasteiger partial charge < -0.3 is 10.4 Å². The molecule has 0 aromatic rings. The SMILES string of the molecule is CC(=O)N[C@@H](C[S@](C)=O)C(=O)O. The van der Waals surface area contributed by atoms with E-state index in [1.54, 1.807) is 0 Å². The van der Waals surface area contributed by atoms with E-state index in [9.17, 15) is 13.8 Å². The summed E-state index contributed by atoms with van der Waals surface area (Å²) in [6.45, 7) is 1.22. The van der Waals surface area contributed by atoms with Crippen LogP contribution in [0.3, 0.4) is 0 Å². The van der Waals surface area contributed by atoms with Crippen LogP contribution in [-0.2, 0) is 20.4 Å². The second kappa shape index (κ2) is 4.87. The third-order valence-corrected chi connectivity index (χ3v) is 1.88. The van der Waals surface area contributed by atoms with Crippen LogP contribution in [0.1, 0.15) is 6.92 Å². The molecule has 0 rings (SSSR count). The van der Waals surface area contributed by atoms with E-state index in [1.165, 1.54) is 13.2 Å². The number of nitrogens with one attached hydrogen (secondary N) is 1. The van der Waals surface area contributed by atoms with Crippen molar-refractivity contribution in [2.45, 2.75) is 13.0 Å². The molecule has 2 N–H and O–H groups in total. The van der Waals surface area contributed by atoms with Crippen LogP contribution in [0.25, 0.3) is 0 Å². The van der Waals surface area contributed by atoms with Crippen LogP contribution < -0.4 is 5.32 Å². The van der Waals surface area contributed by atoms with Gasteiger partial charge in [-0.25, -0.2) is 4.79 Å². The monoisotopic (exact) mass is 193 g/mol. The standard InChI is InChI=1S/C6H11NO4S/c1-4(8)7-5(6(9)10)3-12(2)11/h5H,3H2,1-2H3,(H,7,8)(H,9,10)/t5-,12-/m0/s1. The molecule has 0 fully saturated rings. The summed E-state index contributed by atoms with van der Waals surface area (Å²) in [5.41, 5.74) is 0. The molecule has 70 valence electrons. The fraction of sp³-hybridized carbons (Fsp3) is 0.667. The molecule has 0 heterocycles. The van der Waals surface area contributed by atoms with Crippen molar-refractivity contribution >= 4 is 22.7 Å². The molecule has 0 radical (unpaired) electrons. The normalized spacial score (nSPS) is 14.8. The van der Waals surface area contributed by atoms with Gasteiger partial charge in [0.25, 0.3) is 0 Å². The zero-order valence-corrected chi connectivity index (χ0v) is 7.68. The molecule has 0 spiro atoms. The Kier molecular flexibility index (Phi) is 4.50. The Morgan fingerprint density at radius 3 is 2.33 bits per heavy atom. The minimum atomic E-state index is -1.23. The van der Waals surface area contributed by atoms with E-state index in [2.05, 4.69) is 5.32 Å². The van der Waals surface area contributed by atoms with Gasteiger partial charge in [0.1, 0.15) is 6.04 Å². The lowest BCUT2D eigenvalue weighted by Gasteiger charge is -2.10. The van der Waals surface area contributed by atoms with E-state index in [-0.39, 0.29) is 5.75 Å². The van der Waals surface area contributed by atoms with Crippen LogP contribution in [0.4, 0.5) is 0 Å². The molecule has 6 heteroatoms. The highest BCUT2D eigenvalue weighted by molar-refractivity contribution is 7.84. The van der Waals surface area contributed by atoms with E-state index in [4.69, 9.17) is 5.11 Å². The first-order chi connectivity index (χ1) is 5.43. The van der Waals surface area contributed by atoms with Crippen LogP contribution in [0.5, 0.6) is 0 Å². The number of rotatable bonds is 4. The third kappa shape index (κ3) is 4.84. The molecule has 0 aromatic carbocycles. The number of aliphatic carboxylic acids is 1. The Labute approximate surface area is 72.6 Å². The first-order valence-corrected chi connectivity index (χ1v) is 4.96. The Hall–Kier alpha value is -0.910. The molecular formula is C6H11NO4S. The average molecular weight is 193 g/mol. The number of amides is 1. The van der Waals surface area contributed by atoms with Crippen LogP contribution in [0.2, 0.25) is 0 Å². The first-order valence-electron chi connectivity index (χ1n) is 3.23. The van der Waals surface area contributed by atoms with Gasteiger partial charge in [0.15, 0.2) is 0 Å². The zero-order valence-electron chi connectivity index (χ0n) is 6.86. The minimum absolute atomic E-state index is 0.0606. The molecule has 0 aliphatic rings. The van der Waals surface area contributed by atoms with Gasteiger partial charge in [-0.05, 0) is 0 Å². The predicted octanol–water partition coefficient (Wildman–Crippen LogP) is -1.05. The van der Waals surface area contributed by atoms with Crippen LogP contribution in [0.15, 0.2) is 0 Å². The highest BCUT2D eigenvalue weighted by atomic mass is 32.2. The van der Waals surface area contributed by atoms with Gasteiger partial charge in [0, 0.05) is 24.0 Å². The van der Waals surface area contributed by atoms with Gasteiger partial charge in [-0.1, -0.05) is 0 Å². The Morgan fingerprint density at radius 1 is 1.58 bits per heavy atom. The predicted molar refractivity (Wildman–Crippen MR) is 44.2 cm³/mol. The summed E-state index contributed by atoms with van der Waals surface area (Å²) in [4.78, 5) is 20.9. The maximum absolute atomic E-state index is 10.6. The molecule has 2 atom stereocenters. The van der Waals surface area contributed by atoms with Crippen LogP contribution >= 0.6 is 0 Å². The molecule has 0 unspecified atom stereocenters. The van der Waals surface area contributed by atoms with Crippen molar-refractivity contribution in [1.29, 1.82) is 0 Å². The highest BCUT2D eigenvalue weighted by Gasteiger charge is 2.19. The van der Waals surface area contributed by atoms with Gasteiger partial charge in [-0.15, -0.1) is 0 Å². The lowest BCUT2D eigenvalue weighted by Crippen LogP contribution is -2.43. The molecule has 5 nitrogen and oxygen atoms in total. The molecule has 0 aliphatic carbocycles. The molecular weight excluding hydrogens is 182 g/mol. The number of carbonyl (C=O) groups excluding carboxylic acids is 1. The van der Waals surface area contributed by atoms with Crippen LogP contribution in [0, 0.1) is 0 Å². The Balaban J connectivity index is 4.14. The summed E-state index contributed by atoms with van der Waals surface area (Å²) in [6, 6.07) is -1.05. The number of carbonyl (C=O) groups is 2. The van der Waals surface area contributed by atoms with E-state index in [0.717, 1.165) is 0 Å². The second-order valence-electron chi connectivity index (χ2n) is 2.33. The van der Waals surface area contributed by atoms with Crippen molar-refractivity contribution in [3.63, 3.8) is 0 Å². The average Bonchev–Trinajstić information content (AvgIpc) is 1.83. The Morgan fingerprint density at radius 2 is 2.08 bits per heavy atom. The van der Waals surface area contributed by atoms with Gasteiger partial charge in [-0.2, -0.15) is 0 Å². The van der Waals surface area contributed by atoms with E-state index < -0.39 is 28.7 Å². The van der Waals surface area contributed by atoms with E-state index >= 15 is 0 Å². The first kappa shape index (κ1) is 11.1. The van der Waals surface area contributed by atoms with Gasteiger partial charge in [0.05, 0.1) is 5.75 Å². The number of carboxylic acid groups (broad SMARTS) is 1. The maximum Gasteiger partial charge on any atom is 0.327 e. The fourth-order valence-electron chi connectivity index (χ4n) is 0.655. The van der Waals surface area contributed by atoms with E-state index in [0.29, 0.717) is 0 Å². The number of hydrogen-bond donors (Lipinski definition) is 2. The summed E-state index contributed by atoms with van der Waals surface area (Å²) in [6.07, 6.45) is 1.39. The molecule has 0 bridgehead atoms. The van der Waals surface area contributed by atoms with E-state index in [1.807, 2.05) is 0 Å². The minimum Gasteiger partial charge on any atom is -0.480 e. The van der Waals surface area contributed by atoms with Crippen LogP contribution in [-0.4, -0.2) is 39.2 Å². The summed E-state index contributed by atoms with van der Waals surface area (Å²) in [5, 5.41) is 10.7. The molecule has 0 aromatic heterocycles. The maximum atomic E-state index is 10.6. The smallest absolute Gasteiger partial charge is 0.327 e. The lowest BCUT2D eigenvalue weighted by atomic mass is 10.3. The summed E-state index contributed by atoms with van der Waals surface area (Å²) in [7, 11) is -1.23. The fourth-order valence-corrected chi connectivity index (χ4v) is 1.35. The topological polar surface area (TPSA) is 83.5 Å². The van der Waals surface area contributed by atoms with Crippen molar-refractivity contribution in [3.8, 4) is 0 Å². The van der Waals surface area contributed by atoms with Crippen molar-refractivity contribution in [3.05, 3.63) is 0 Å². The molecule has 12 heavy (non-hydrogen) atoms. The molecule has 0 saturated heterocycles. The second-order valence-corrected chi connectivity index (χ2v) is 3.81. The summed E-state index contributed by atoms with van der Waals surface area (Å²) in [5.74, 6) is -1.66. The highest BCUT2D eigenvalue weighted by Crippen LogP contribution is 1.87. The number of hydrogen-bond acceptors (Lipinski definition) is 3.